The highest BCUT2D eigenvalue weighted by molar-refractivity contribution is 5.45. The van der Waals surface area contributed by atoms with Gasteiger partial charge in [-0.3, -0.25) is 0 Å². The van der Waals surface area contributed by atoms with Crippen LogP contribution in [0.4, 0.5) is 5.69 Å². The van der Waals surface area contributed by atoms with Gasteiger partial charge in [-0.25, -0.2) is 0 Å². The van der Waals surface area contributed by atoms with E-state index in [1.807, 2.05) is 0 Å². The standard InChI is InChI=1S/C16H27N3/c1-18(2)13-14-7-6-8-15(11-14)17-12-16-9-4-5-10-19(16)3/h6-8,11,16-17H,4-5,9-10,12-13H2,1-3H3. The van der Waals surface area contributed by atoms with Gasteiger partial charge in [-0.15, -0.1) is 0 Å². The molecule has 1 aromatic carbocycles. The Morgan fingerprint density at radius 1 is 1.32 bits per heavy atom. The van der Waals surface area contributed by atoms with E-state index < -0.39 is 0 Å². The summed E-state index contributed by atoms with van der Waals surface area (Å²) in [6.45, 7) is 3.30. The minimum atomic E-state index is 0.686. The van der Waals surface area contributed by atoms with Crippen molar-refractivity contribution in [3.63, 3.8) is 0 Å². The molecule has 3 heteroatoms. The third kappa shape index (κ3) is 4.51. The molecule has 1 N–H and O–H groups in total. The molecule has 2 rings (SSSR count). The number of benzene rings is 1. The lowest BCUT2D eigenvalue weighted by Crippen LogP contribution is -2.40. The molecule has 1 atom stereocenters. The number of hydrogen-bond donors (Lipinski definition) is 1. The van der Waals surface area contributed by atoms with E-state index in [0.717, 1.165) is 13.1 Å². The van der Waals surface area contributed by atoms with Crippen molar-refractivity contribution in [3.8, 4) is 0 Å². The van der Waals surface area contributed by atoms with Gasteiger partial charge in [0.25, 0.3) is 0 Å². The maximum Gasteiger partial charge on any atom is 0.0343 e. The van der Waals surface area contributed by atoms with Crippen molar-refractivity contribution < 1.29 is 0 Å². The van der Waals surface area contributed by atoms with Crippen LogP contribution in [0.25, 0.3) is 0 Å². The molecule has 0 spiro atoms. The molecule has 1 aliphatic rings. The van der Waals surface area contributed by atoms with Crippen LogP contribution in [-0.2, 0) is 6.54 Å². The maximum absolute atomic E-state index is 3.60. The summed E-state index contributed by atoms with van der Waals surface area (Å²) in [6.07, 6.45) is 4.05. The quantitative estimate of drug-likeness (QED) is 0.879. The van der Waals surface area contributed by atoms with Crippen LogP contribution in [0.15, 0.2) is 24.3 Å². The Hall–Kier alpha value is -1.06. The predicted molar refractivity (Wildman–Crippen MR) is 82.6 cm³/mol. The summed E-state index contributed by atoms with van der Waals surface area (Å²) in [5.74, 6) is 0. The van der Waals surface area contributed by atoms with Crippen molar-refractivity contribution in [3.05, 3.63) is 29.8 Å². The van der Waals surface area contributed by atoms with Crippen molar-refractivity contribution in [1.82, 2.24) is 9.80 Å². The number of anilines is 1. The molecule has 19 heavy (non-hydrogen) atoms. The summed E-state index contributed by atoms with van der Waals surface area (Å²) in [6, 6.07) is 9.46. The monoisotopic (exact) mass is 261 g/mol. The van der Waals surface area contributed by atoms with Crippen LogP contribution < -0.4 is 5.32 Å². The second-order valence-electron chi connectivity index (χ2n) is 5.95. The second kappa shape index (κ2) is 6.92. The topological polar surface area (TPSA) is 18.5 Å². The average molecular weight is 261 g/mol. The second-order valence-corrected chi connectivity index (χ2v) is 5.95. The van der Waals surface area contributed by atoms with E-state index in [2.05, 4.69) is 60.5 Å². The predicted octanol–water partition coefficient (Wildman–Crippen LogP) is 2.64. The van der Waals surface area contributed by atoms with Crippen LogP contribution in [0, 0.1) is 0 Å². The van der Waals surface area contributed by atoms with Crippen LogP contribution >= 0.6 is 0 Å². The summed E-state index contributed by atoms with van der Waals surface area (Å²) in [7, 11) is 6.46. The van der Waals surface area contributed by atoms with Gasteiger partial charge < -0.3 is 15.1 Å². The van der Waals surface area contributed by atoms with Gasteiger partial charge in [-0.2, -0.15) is 0 Å². The van der Waals surface area contributed by atoms with E-state index in [0.29, 0.717) is 6.04 Å². The molecule has 3 nitrogen and oxygen atoms in total. The van der Waals surface area contributed by atoms with Crippen LogP contribution in [-0.4, -0.2) is 50.1 Å². The van der Waals surface area contributed by atoms with E-state index in [1.54, 1.807) is 0 Å². The van der Waals surface area contributed by atoms with Gasteiger partial charge in [0.2, 0.25) is 0 Å². The van der Waals surface area contributed by atoms with Gasteiger partial charge in [-0.05, 0) is 58.2 Å². The Morgan fingerprint density at radius 3 is 2.89 bits per heavy atom. The molecule has 1 aliphatic heterocycles. The minimum Gasteiger partial charge on any atom is -0.383 e. The Balaban J connectivity index is 1.88. The SMILES string of the molecule is CN(C)Cc1cccc(NCC2CCCCN2C)c1. The van der Waals surface area contributed by atoms with Crippen LogP contribution in [0.2, 0.25) is 0 Å². The molecule has 1 saturated heterocycles. The molecule has 0 aliphatic carbocycles. The van der Waals surface area contributed by atoms with E-state index in [4.69, 9.17) is 0 Å². The molecular weight excluding hydrogens is 234 g/mol. The Morgan fingerprint density at radius 2 is 2.16 bits per heavy atom. The zero-order valence-electron chi connectivity index (χ0n) is 12.5. The third-order valence-corrected chi connectivity index (χ3v) is 3.89. The smallest absolute Gasteiger partial charge is 0.0343 e. The number of nitrogens with one attached hydrogen (secondary N) is 1. The summed E-state index contributed by atoms with van der Waals surface area (Å²) in [5, 5.41) is 3.60. The lowest BCUT2D eigenvalue weighted by atomic mass is 10.0. The van der Waals surface area contributed by atoms with Crippen molar-refractivity contribution in [2.45, 2.75) is 31.8 Å². The summed E-state index contributed by atoms with van der Waals surface area (Å²) in [5.41, 5.74) is 2.62. The summed E-state index contributed by atoms with van der Waals surface area (Å²) in [4.78, 5) is 4.69. The molecule has 106 valence electrons. The first-order chi connectivity index (χ1) is 9.15. The van der Waals surface area contributed by atoms with Gasteiger partial charge in [0, 0.05) is 24.8 Å². The molecule has 1 fully saturated rings. The molecule has 1 unspecified atom stereocenters. The van der Waals surface area contributed by atoms with Crippen LogP contribution in [0.3, 0.4) is 0 Å². The molecule has 1 aromatic rings. The molecular formula is C16H27N3. The molecule has 0 bridgehead atoms. The van der Waals surface area contributed by atoms with E-state index in [1.165, 1.54) is 37.1 Å². The molecule has 0 aromatic heterocycles. The Labute approximate surface area is 117 Å². The highest BCUT2D eigenvalue weighted by Crippen LogP contribution is 2.17. The van der Waals surface area contributed by atoms with Gasteiger partial charge >= 0.3 is 0 Å². The normalized spacial score (nSPS) is 20.7. The van der Waals surface area contributed by atoms with Crippen molar-refractivity contribution in [2.75, 3.05) is 39.5 Å². The first-order valence-electron chi connectivity index (χ1n) is 7.33. The number of piperidine rings is 1. The zero-order valence-corrected chi connectivity index (χ0v) is 12.5. The first kappa shape index (κ1) is 14.4. The number of hydrogen-bond acceptors (Lipinski definition) is 3. The molecule has 0 saturated carbocycles. The van der Waals surface area contributed by atoms with E-state index >= 15 is 0 Å². The summed E-state index contributed by atoms with van der Waals surface area (Å²) >= 11 is 0. The molecule has 0 radical (unpaired) electrons. The van der Waals surface area contributed by atoms with Gasteiger partial charge in [-0.1, -0.05) is 18.6 Å². The maximum atomic E-state index is 3.60. The van der Waals surface area contributed by atoms with Crippen LogP contribution in [0.5, 0.6) is 0 Å². The van der Waals surface area contributed by atoms with Crippen molar-refractivity contribution in [2.24, 2.45) is 0 Å². The lowest BCUT2D eigenvalue weighted by molar-refractivity contribution is 0.194. The highest BCUT2D eigenvalue weighted by atomic mass is 15.2. The van der Waals surface area contributed by atoms with Crippen molar-refractivity contribution in [1.29, 1.82) is 0 Å². The molecule has 1 heterocycles. The van der Waals surface area contributed by atoms with Crippen LogP contribution in [0.1, 0.15) is 24.8 Å². The Bertz CT molecular complexity index is 389. The fraction of sp³-hybridized carbons (Fsp3) is 0.625. The van der Waals surface area contributed by atoms with Gasteiger partial charge in [0.1, 0.15) is 0 Å². The third-order valence-electron chi connectivity index (χ3n) is 3.89. The first-order valence-corrected chi connectivity index (χ1v) is 7.33. The van der Waals surface area contributed by atoms with Crippen molar-refractivity contribution >= 4 is 5.69 Å². The zero-order chi connectivity index (χ0) is 13.7. The van der Waals surface area contributed by atoms with E-state index in [-0.39, 0.29) is 0 Å². The Kier molecular flexibility index (Phi) is 5.23. The van der Waals surface area contributed by atoms with Gasteiger partial charge in [0.05, 0.1) is 0 Å². The van der Waals surface area contributed by atoms with Gasteiger partial charge in [0.15, 0.2) is 0 Å². The highest BCUT2D eigenvalue weighted by Gasteiger charge is 2.18. The summed E-state index contributed by atoms with van der Waals surface area (Å²) < 4.78 is 0. The number of likely N-dealkylation sites (tertiary alicyclic amines) is 1. The number of nitrogens with zero attached hydrogens (tertiary/aromatic N) is 2. The lowest BCUT2D eigenvalue weighted by Gasteiger charge is -2.32. The minimum absolute atomic E-state index is 0.686. The fourth-order valence-corrected chi connectivity index (χ4v) is 2.78. The van der Waals surface area contributed by atoms with E-state index in [9.17, 15) is 0 Å². The average Bonchev–Trinajstić information content (AvgIpc) is 2.37. The largest absolute Gasteiger partial charge is 0.383 e. The number of likely N-dealkylation sites (N-methyl/N-ethyl adjacent to an activating group) is 1. The number of rotatable bonds is 5. The fourth-order valence-electron chi connectivity index (χ4n) is 2.78. The molecule has 0 amide bonds.